The van der Waals surface area contributed by atoms with Crippen molar-refractivity contribution in [3.05, 3.63) is 53.3 Å². The second-order valence-electron chi connectivity index (χ2n) is 16.5. The molecule has 6 heterocycles. The van der Waals surface area contributed by atoms with E-state index in [-0.39, 0.29) is 82.4 Å². The monoisotopic (exact) mass is 757 g/mol. The first-order chi connectivity index (χ1) is 26.4. The molecule has 4 aliphatic heterocycles. The van der Waals surface area contributed by atoms with Crippen LogP contribution < -0.4 is 9.64 Å². The van der Waals surface area contributed by atoms with E-state index in [1.165, 1.54) is 24.3 Å². The van der Waals surface area contributed by atoms with Gasteiger partial charge in [0.2, 0.25) is 5.92 Å². The van der Waals surface area contributed by atoms with E-state index < -0.39 is 29.3 Å². The molecule has 2 aromatic heterocycles. The van der Waals surface area contributed by atoms with Crippen molar-refractivity contribution in [2.45, 2.75) is 81.6 Å². The van der Waals surface area contributed by atoms with Crippen molar-refractivity contribution in [3.8, 4) is 35.2 Å². The summed E-state index contributed by atoms with van der Waals surface area (Å²) in [5.74, 6) is -0.923. The maximum atomic E-state index is 17.7. The molecule has 1 saturated carbocycles. The predicted molar refractivity (Wildman–Crippen MR) is 198 cm³/mol. The number of hydrogen-bond donors (Lipinski definition) is 1. The number of alkyl halides is 3. The van der Waals surface area contributed by atoms with Crippen molar-refractivity contribution >= 4 is 38.5 Å². The zero-order chi connectivity index (χ0) is 38.0. The SMILES string of the molecule is C#Cc1c(F)ccc2cc(O)cc(-c3c(F)c4nc(OC[C@@]56CCCN5C[C@H](F)C6)nc(N5C[C@H]6CC[C@@H](C5)N6CC5CC(F)(F)C5)c4c4cc(C)oc34)c12. The number of ether oxygens (including phenoxy) is 1. The third-order valence-corrected chi connectivity index (χ3v) is 12.9. The number of furan rings is 1. The third-order valence-electron chi connectivity index (χ3n) is 12.9. The molecular formula is C42H40F5N5O3. The number of benzene rings is 3. The fourth-order valence-corrected chi connectivity index (χ4v) is 10.6. The number of phenolic OH excluding ortho intramolecular Hbond substituents is 1. The Morgan fingerprint density at radius 1 is 1.04 bits per heavy atom. The maximum absolute atomic E-state index is 17.7. The van der Waals surface area contributed by atoms with E-state index in [0.29, 0.717) is 60.3 Å². The molecule has 4 atom stereocenters. The van der Waals surface area contributed by atoms with E-state index in [9.17, 15) is 18.3 Å². The van der Waals surface area contributed by atoms with E-state index in [1.54, 1.807) is 13.0 Å². The van der Waals surface area contributed by atoms with Crippen molar-refractivity contribution in [2.24, 2.45) is 5.92 Å². The average molecular weight is 758 g/mol. The third kappa shape index (κ3) is 5.53. The van der Waals surface area contributed by atoms with Crippen LogP contribution in [0.2, 0.25) is 0 Å². The highest BCUT2D eigenvalue weighted by atomic mass is 19.3. The lowest BCUT2D eigenvalue weighted by Gasteiger charge is -2.45. The smallest absolute Gasteiger partial charge is 0.319 e. The van der Waals surface area contributed by atoms with Crippen LogP contribution in [0.3, 0.4) is 0 Å². The Balaban J connectivity index is 1.14. The molecule has 13 heteroatoms. The van der Waals surface area contributed by atoms with Crippen LogP contribution in [0.15, 0.2) is 34.7 Å². The molecule has 55 heavy (non-hydrogen) atoms. The zero-order valence-electron chi connectivity index (χ0n) is 30.4. The molecule has 5 aliphatic rings. The van der Waals surface area contributed by atoms with E-state index >= 15 is 8.78 Å². The molecule has 0 radical (unpaired) electrons. The van der Waals surface area contributed by atoms with Crippen molar-refractivity contribution in [2.75, 3.05) is 44.2 Å². The van der Waals surface area contributed by atoms with Crippen molar-refractivity contribution in [3.63, 3.8) is 0 Å². The Bertz CT molecular complexity index is 2430. The number of nitrogens with zero attached hydrogens (tertiary/aromatic N) is 5. The van der Waals surface area contributed by atoms with Crippen LogP contribution in [-0.2, 0) is 0 Å². The maximum Gasteiger partial charge on any atom is 0.319 e. The van der Waals surface area contributed by atoms with Crippen molar-refractivity contribution in [1.29, 1.82) is 0 Å². The fourth-order valence-electron chi connectivity index (χ4n) is 10.6. The first kappa shape index (κ1) is 34.8. The highest BCUT2D eigenvalue weighted by Crippen LogP contribution is 2.49. The largest absolute Gasteiger partial charge is 0.508 e. The summed E-state index contributed by atoms with van der Waals surface area (Å²) >= 11 is 0. The van der Waals surface area contributed by atoms with Gasteiger partial charge in [0.05, 0.1) is 22.1 Å². The second-order valence-corrected chi connectivity index (χ2v) is 16.5. The number of rotatable bonds is 7. The summed E-state index contributed by atoms with van der Waals surface area (Å²) in [7, 11) is 0. The number of aromatic hydroxyl groups is 1. The molecule has 1 N–H and O–H groups in total. The molecule has 10 rings (SSSR count). The number of hydrogen-bond acceptors (Lipinski definition) is 8. The number of phenols is 1. The van der Waals surface area contributed by atoms with Gasteiger partial charge in [-0.3, -0.25) is 9.80 Å². The number of piperazine rings is 1. The number of halogens is 5. The van der Waals surface area contributed by atoms with E-state index in [2.05, 4.69) is 20.6 Å². The molecule has 2 bridgehead atoms. The summed E-state index contributed by atoms with van der Waals surface area (Å²) < 4.78 is 87.9. The average Bonchev–Trinajstić information content (AvgIpc) is 3.84. The topological polar surface area (TPSA) is 78.1 Å². The fraction of sp³-hybridized carbons (Fsp3) is 0.476. The van der Waals surface area contributed by atoms with Gasteiger partial charge >= 0.3 is 6.01 Å². The lowest BCUT2D eigenvalue weighted by molar-refractivity contribution is -0.119. The molecule has 0 unspecified atom stereocenters. The minimum absolute atomic E-state index is 0.0448. The molecule has 3 aromatic carbocycles. The number of aryl methyl sites for hydroxylation is 1. The summed E-state index contributed by atoms with van der Waals surface area (Å²) in [6, 6.07) is 7.39. The summed E-state index contributed by atoms with van der Waals surface area (Å²) in [5, 5.41) is 12.4. The summed E-state index contributed by atoms with van der Waals surface area (Å²) in [6.07, 6.45) is 8.47. The Labute approximate surface area is 314 Å². The highest BCUT2D eigenvalue weighted by Gasteiger charge is 2.51. The van der Waals surface area contributed by atoms with Gasteiger partial charge in [0.25, 0.3) is 0 Å². The van der Waals surface area contributed by atoms with Crippen LogP contribution in [0.5, 0.6) is 11.8 Å². The first-order valence-corrected chi connectivity index (χ1v) is 19.2. The lowest BCUT2D eigenvalue weighted by Crippen LogP contribution is -2.56. The van der Waals surface area contributed by atoms with Gasteiger partial charge < -0.3 is 19.2 Å². The van der Waals surface area contributed by atoms with E-state index in [4.69, 9.17) is 25.5 Å². The van der Waals surface area contributed by atoms with Crippen LogP contribution >= 0.6 is 0 Å². The molecular weight excluding hydrogens is 717 g/mol. The Kier molecular flexibility index (Phi) is 7.86. The summed E-state index contributed by atoms with van der Waals surface area (Å²) in [4.78, 5) is 16.3. The van der Waals surface area contributed by atoms with Crippen LogP contribution in [0.1, 0.15) is 56.3 Å². The summed E-state index contributed by atoms with van der Waals surface area (Å²) in [5.41, 5.74) is -0.399. The van der Waals surface area contributed by atoms with Gasteiger partial charge in [-0.05, 0) is 74.7 Å². The molecule has 0 spiro atoms. The quantitative estimate of drug-likeness (QED) is 0.132. The minimum Gasteiger partial charge on any atom is -0.508 e. The molecule has 0 amide bonds. The van der Waals surface area contributed by atoms with E-state index in [0.717, 1.165) is 32.2 Å². The van der Waals surface area contributed by atoms with Gasteiger partial charge in [-0.25, -0.2) is 22.0 Å². The number of aromatic nitrogens is 2. The zero-order valence-corrected chi connectivity index (χ0v) is 30.4. The number of anilines is 1. The molecule has 1 aliphatic carbocycles. The number of terminal acetylenes is 1. The Morgan fingerprint density at radius 3 is 2.56 bits per heavy atom. The second kappa shape index (κ2) is 12.4. The Morgan fingerprint density at radius 2 is 1.82 bits per heavy atom. The van der Waals surface area contributed by atoms with Gasteiger partial charge in [0.1, 0.15) is 47.0 Å². The molecule has 8 nitrogen and oxygen atoms in total. The van der Waals surface area contributed by atoms with Gasteiger partial charge in [0, 0.05) is 73.9 Å². The van der Waals surface area contributed by atoms with Crippen LogP contribution in [0.4, 0.5) is 27.8 Å². The Hall–Kier alpha value is -4.67. The first-order valence-electron chi connectivity index (χ1n) is 19.2. The predicted octanol–water partition coefficient (Wildman–Crippen LogP) is 8.12. The highest BCUT2D eigenvalue weighted by molar-refractivity contribution is 6.18. The normalized spacial score (nSPS) is 26.6. The van der Waals surface area contributed by atoms with Crippen LogP contribution in [-0.4, -0.2) is 93.9 Å². The van der Waals surface area contributed by atoms with Gasteiger partial charge in [-0.2, -0.15) is 9.97 Å². The van der Waals surface area contributed by atoms with E-state index in [1.807, 2.05) is 0 Å². The molecule has 4 saturated heterocycles. The lowest BCUT2D eigenvalue weighted by atomic mass is 9.80. The van der Waals surface area contributed by atoms with Gasteiger partial charge in [-0.1, -0.05) is 12.0 Å². The molecule has 5 aromatic rings. The van der Waals surface area contributed by atoms with Crippen LogP contribution in [0.25, 0.3) is 43.8 Å². The number of fused-ring (bicyclic) bond motifs is 7. The minimum atomic E-state index is -2.58. The standard InChI is InChI=1S/C42H40F5N5O3/c1-3-29-32(44)8-5-24-12-28(53)13-30(33(24)29)34-36(45)37-35(31-11-22(2)55-38(31)34)39(49-40(48-37)54-21-41-9-4-10-51(41)18-25(43)16-41)50-19-26-6-7-27(20-50)52(26)17-23-14-42(46,47)15-23/h1,5,8,11-13,23,25-27,53H,4,6-7,9-10,14-21H2,2H3/t25-,26-,27+,41+/m1/s1. The van der Waals surface area contributed by atoms with Gasteiger partial charge in [0.15, 0.2) is 5.82 Å². The molecule has 5 fully saturated rings. The molecule has 286 valence electrons. The van der Waals surface area contributed by atoms with Crippen molar-refractivity contribution < 1.29 is 36.2 Å². The van der Waals surface area contributed by atoms with Crippen LogP contribution in [0, 0.1) is 36.8 Å². The van der Waals surface area contributed by atoms with Gasteiger partial charge in [-0.15, -0.1) is 6.42 Å². The summed E-state index contributed by atoms with van der Waals surface area (Å²) in [6.45, 7) is 4.68. The van der Waals surface area contributed by atoms with Crippen molar-refractivity contribution in [1.82, 2.24) is 19.8 Å².